The molecule has 1 aliphatic carbocycles. The second kappa shape index (κ2) is 10.1. The van der Waals surface area contributed by atoms with Gasteiger partial charge in [-0.2, -0.15) is 0 Å². The number of hydrogen-bond acceptors (Lipinski definition) is 3. The van der Waals surface area contributed by atoms with Crippen molar-refractivity contribution in [3.63, 3.8) is 0 Å². The Morgan fingerprint density at radius 3 is 2.35 bits per heavy atom. The zero-order valence-electron chi connectivity index (χ0n) is 18.3. The molecule has 5 nitrogen and oxygen atoms in total. The molecule has 1 unspecified atom stereocenters. The van der Waals surface area contributed by atoms with Gasteiger partial charge < -0.3 is 16.0 Å². The van der Waals surface area contributed by atoms with E-state index in [1.807, 2.05) is 12.1 Å². The summed E-state index contributed by atoms with van der Waals surface area (Å²) < 4.78 is 0. The van der Waals surface area contributed by atoms with Gasteiger partial charge in [0.05, 0.1) is 6.04 Å². The summed E-state index contributed by atoms with van der Waals surface area (Å²) in [4.78, 5) is 25.2. The lowest BCUT2D eigenvalue weighted by Crippen LogP contribution is -2.48. The fourth-order valence-electron chi connectivity index (χ4n) is 4.68. The first kappa shape index (κ1) is 21.6. The lowest BCUT2D eigenvalue weighted by molar-refractivity contribution is -0.127. The monoisotopic (exact) mass is 419 g/mol. The maximum absolute atomic E-state index is 12.6. The smallest absolute Gasteiger partial charge is 0.237 e. The molecule has 1 atom stereocenters. The SMILES string of the molecule is Cc1ccc(CNC(=O)C2CCC(CNC(=O)C3Cc4ccccc4CN3)CC2)cc1. The van der Waals surface area contributed by atoms with Gasteiger partial charge in [0.2, 0.25) is 11.8 Å². The highest BCUT2D eigenvalue weighted by Crippen LogP contribution is 2.28. The third kappa shape index (κ3) is 5.73. The minimum atomic E-state index is -0.154. The van der Waals surface area contributed by atoms with Crippen molar-refractivity contribution in [1.29, 1.82) is 0 Å². The molecule has 1 saturated carbocycles. The molecule has 3 N–H and O–H groups in total. The Bertz CT molecular complexity index is 901. The quantitative estimate of drug-likeness (QED) is 0.673. The molecule has 2 aliphatic rings. The summed E-state index contributed by atoms with van der Waals surface area (Å²) in [5.41, 5.74) is 4.91. The summed E-state index contributed by atoms with van der Waals surface area (Å²) in [6.07, 6.45) is 4.52. The second-order valence-electron chi connectivity index (χ2n) is 9.07. The largest absolute Gasteiger partial charge is 0.354 e. The molecule has 0 saturated heterocycles. The van der Waals surface area contributed by atoms with Gasteiger partial charge in [0.25, 0.3) is 0 Å². The summed E-state index contributed by atoms with van der Waals surface area (Å²) in [7, 11) is 0. The standard InChI is InChI=1S/C26H33N3O2/c1-18-6-8-19(9-7-18)15-28-25(30)21-12-10-20(11-13-21)16-29-26(31)24-14-22-4-2-3-5-23(22)17-27-24/h2-9,20-21,24,27H,10-17H2,1H3,(H,28,30)(H,29,31). The summed E-state index contributed by atoms with van der Waals surface area (Å²) in [6, 6.07) is 16.4. The summed E-state index contributed by atoms with van der Waals surface area (Å²) in [6.45, 7) is 4.11. The normalized spacial score (nSPS) is 22.9. The lowest BCUT2D eigenvalue weighted by atomic mass is 9.81. The molecule has 5 heteroatoms. The van der Waals surface area contributed by atoms with Crippen LogP contribution < -0.4 is 16.0 Å². The highest BCUT2D eigenvalue weighted by atomic mass is 16.2. The first-order chi connectivity index (χ1) is 15.1. The Hall–Kier alpha value is -2.66. The van der Waals surface area contributed by atoms with Crippen LogP contribution in [0.25, 0.3) is 0 Å². The van der Waals surface area contributed by atoms with E-state index in [4.69, 9.17) is 0 Å². The third-order valence-corrected chi connectivity index (χ3v) is 6.77. The van der Waals surface area contributed by atoms with Gasteiger partial charge >= 0.3 is 0 Å². The average Bonchev–Trinajstić information content (AvgIpc) is 2.82. The topological polar surface area (TPSA) is 70.2 Å². The van der Waals surface area contributed by atoms with Crippen LogP contribution in [-0.4, -0.2) is 24.4 Å². The highest BCUT2D eigenvalue weighted by molar-refractivity contribution is 5.82. The van der Waals surface area contributed by atoms with E-state index in [0.717, 1.165) is 44.2 Å². The van der Waals surface area contributed by atoms with E-state index in [-0.39, 0.29) is 23.8 Å². The Labute approximate surface area is 185 Å². The Morgan fingerprint density at radius 2 is 1.61 bits per heavy atom. The highest BCUT2D eigenvalue weighted by Gasteiger charge is 2.28. The molecule has 2 amide bonds. The van der Waals surface area contributed by atoms with Crippen molar-refractivity contribution in [2.45, 2.75) is 58.2 Å². The molecule has 4 rings (SSSR count). The maximum atomic E-state index is 12.6. The summed E-state index contributed by atoms with van der Waals surface area (Å²) >= 11 is 0. The van der Waals surface area contributed by atoms with Crippen LogP contribution in [0.1, 0.15) is 47.9 Å². The molecule has 2 aromatic carbocycles. The van der Waals surface area contributed by atoms with Crippen molar-refractivity contribution in [2.24, 2.45) is 11.8 Å². The molecular weight excluding hydrogens is 386 g/mol. The van der Waals surface area contributed by atoms with Crippen molar-refractivity contribution in [3.8, 4) is 0 Å². The van der Waals surface area contributed by atoms with Crippen molar-refractivity contribution in [1.82, 2.24) is 16.0 Å². The van der Waals surface area contributed by atoms with E-state index in [0.29, 0.717) is 19.0 Å². The van der Waals surface area contributed by atoms with Crippen molar-refractivity contribution < 1.29 is 9.59 Å². The number of amides is 2. The van der Waals surface area contributed by atoms with E-state index in [9.17, 15) is 9.59 Å². The van der Waals surface area contributed by atoms with Crippen LogP contribution in [0.15, 0.2) is 48.5 Å². The van der Waals surface area contributed by atoms with Gasteiger partial charge in [-0.3, -0.25) is 9.59 Å². The Balaban J connectivity index is 1.16. The number of nitrogens with one attached hydrogen (secondary N) is 3. The van der Waals surface area contributed by atoms with Crippen LogP contribution in [0.4, 0.5) is 0 Å². The first-order valence-electron chi connectivity index (χ1n) is 11.5. The molecule has 2 aromatic rings. The van der Waals surface area contributed by atoms with Gasteiger partial charge in [0.1, 0.15) is 0 Å². The van der Waals surface area contributed by atoms with Crippen LogP contribution in [0.2, 0.25) is 0 Å². The maximum Gasteiger partial charge on any atom is 0.237 e. The number of aryl methyl sites for hydroxylation is 1. The van der Waals surface area contributed by atoms with Gasteiger partial charge in [-0.25, -0.2) is 0 Å². The molecule has 0 aromatic heterocycles. The molecule has 0 spiro atoms. The fourth-order valence-corrected chi connectivity index (χ4v) is 4.68. The first-order valence-corrected chi connectivity index (χ1v) is 11.5. The Kier molecular flexibility index (Phi) is 7.03. The number of fused-ring (bicyclic) bond motifs is 1. The van der Waals surface area contributed by atoms with Gasteiger partial charge in [-0.05, 0) is 61.6 Å². The lowest BCUT2D eigenvalue weighted by Gasteiger charge is -2.29. The minimum absolute atomic E-state index is 0.0902. The van der Waals surface area contributed by atoms with E-state index in [2.05, 4.69) is 59.3 Å². The van der Waals surface area contributed by atoms with Crippen LogP contribution in [0.5, 0.6) is 0 Å². The minimum Gasteiger partial charge on any atom is -0.354 e. The molecular formula is C26H33N3O2. The zero-order valence-corrected chi connectivity index (χ0v) is 18.3. The van der Waals surface area contributed by atoms with Gasteiger partial charge in [-0.15, -0.1) is 0 Å². The second-order valence-corrected chi connectivity index (χ2v) is 9.07. The molecule has 0 radical (unpaired) electrons. The summed E-state index contributed by atoms with van der Waals surface area (Å²) in [5.74, 6) is 0.801. The fraction of sp³-hybridized carbons (Fsp3) is 0.462. The summed E-state index contributed by atoms with van der Waals surface area (Å²) in [5, 5.41) is 9.58. The predicted octanol–water partition coefficient (Wildman–Crippen LogP) is 3.25. The number of carbonyl (C=O) groups excluding carboxylic acids is 2. The van der Waals surface area contributed by atoms with Crippen LogP contribution in [0, 0.1) is 18.8 Å². The van der Waals surface area contributed by atoms with Crippen LogP contribution in [-0.2, 0) is 29.1 Å². The molecule has 31 heavy (non-hydrogen) atoms. The van der Waals surface area contributed by atoms with E-state index in [1.165, 1.54) is 16.7 Å². The number of carbonyl (C=O) groups is 2. The average molecular weight is 420 g/mol. The van der Waals surface area contributed by atoms with Crippen molar-refractivity contribution in [3.05, 3.63) is 70.8 Å². The Morgan fingerprint density at radius 1 is 0.903 bits per heavy atom. The van der Waals surface area contributed by atoms with Gasteiger partial charge in [-0.1, -0.05) is 54.1 Å². The molecule has 1 heterocycles. The third-order valence-electron chi connectivity index (χ3n) is 6.77. The molecule has 1 aliphatic heterocycles. The van der Waals surface area contributed by atoms with Gasteiger partial charge in [0.15, 0.2) is 0 Å². The molecule has 164 valence electrons. The zero-order chi connectivity index (χ0) is 21.6. The van der Waals surface area contributed by atoms with E-state index in [1.54, 1.807) is 0 Å². The number of rotatable bonds is 6. The number of hydrogen-bond donors (Lipinski definition) is 3. The molecule has 1 fully saturated rings. The van der Waals surface area contributed by atoms with Crippen LogP contribution in [0.3, 0.4) is 0 Å². The van der Waals surface area contributed by atoms with Crippen LogP contribution >= 0.6 is 0 Å². The van der Waals surface area contributed by atoms with Crippen molar-refractivity contribution >= 4 is 11.8 Å². The van der Waals surface area contributed by atoms with Crippen molar-refractivity contribution in [2.75, 3.05) is 6.54 Å². The van der Waals surface area contributed by atoms with E-state index >= 15 is 0 Å². The predicted molar refractivity (Wildman–Crippen MR) is 122 cm³/mol. The van der Waals surface area contributed by atoms with Gasteiger partial charge in [0, 0.05) is 25.6 Å². The number of benzene rings is 2. The van der Waals surface area contributed by atoms with E-state index < -0.39 is 0 Å². The molecule has 0 bridgehead atoms.